The van der Waals surface area contributed by atoms with Gasteiger partial charge in [0.05, 0.1) is 29.1 Å². The first-order valence-corrected chi connectivity index (χ1v) is 16.7. The lowest BCUT2D eigenvalue weighted by molar-refractivity contribution is -0.136. The number of pyridine rings is 2. The topological polar surface area (TPSA) is 158 Å². The van der Waals surface area contributed by atoms with E-state index < -0.39 is 5.97 Å². The van der Waals surface area contributed by atoms with Crippen molar-refractivity contribution in [3.8, 4) is 11.1 Å². The van der Waals surface area contributed by atoms with Crippen molar-refractivity contribution in [2.24, 2.45) is 0 Å². The number of benzene rings is 2. The molecule has 13 heteroatoms. The molecule has 0 saturated carbocycles. The summed E-state index contributed by atoms with van der Waals surface area (Å²) < 4.78 is 1.78. The summed E-state index contributed by atoms with van der Waals surface area (Å²) in [7, 11) is 0. The van der Waals surface area contributed by atoms with Gasteiger partial charge < -0.3 is 20.8 Å². The van der Waals surface area contributed by atoms with Crippen molar-refractivity contribution in [3.05, 3.63) is 94.5 Å². The van der Waals surface area contributed by atoms with E-state index >= 15 is 0 Å². The number of fused-ring (bicyclic) bond motifs is 2. The third-order valence-electron chi connectivity index (χ3n) is 9.20. The summed E-state index contributed by atoms with van der Waals surface area (Å²) in [5, 5.41) is 34.4. The van der Waals surface area contributed by atoms with Crippen LogP contribution in [0.1, 0.15) is 52.6 Å². The van der Waals surface area contributed by atoms with Crippen molar-refractivity contribution in [1.82, 2.24) is 30.0 Å². The first kappa shape index (κ1) is 32.7. The van der Waals surface area contributed by atoms with Crippen molar-refractivity contribution >= 4 is 51.6 Å². The van der Waals surface area contributed by atoms with Gasteiger partial charge >= 0.3 is 5.97 Å². The van der Waals surface area contributed by atoms with Gasteiger partial charge in [0, 0.05) is 61.3 Å². The predicted molar refractivity (Wildman–Crippen MR) is 188 cm³/mol. The molecule has 1 fully saturated rings. The number of nitrogens with one attached hydrogen (secondary N) is 3. The number of halogens is 1. The number of aliphatic hydroxyl groups excluding tert-OH is 1. The Labute approximate surface area is 288 Å². The molecule has 1 unspecified atom stereocenters. The number of carbonyl (C=O) groups is 2. The van der Waals surface area contributed by atoms with Crippen LogP contribution in [0, 0.1) is 6.92 Å². The molecule has 1 amide bonds. The SMILES string of the molecule is Cc1c(NC(=O)c2cc3n(n2)CCCC3NCC(=O)O)cccc1-c1cccc(Nc2nccc3cc(CN4CC[C@@H](O)C4)cnc23)c1Cl. The third kappa shape index (κ3) is 6.99. The van der Waals surface area contributed by atoms with Gasteiger partial charge in [0.15, 0.2) is 11.5 Å². The normalized spacial score (nSPS) is 17.6. The molecule has 0 aliphatic carbocycles. The van der Waals surface area contributed by atoms with Crippen LogP contribution in [0.4, 0.5) is 17.2 Å². The molecule has 2 aromatic carbocycles. The van der Waals surface area contributed by atoms with Gasteiger partial charge in [-0.25, -0.2) is 4.98 Å². The highest BCUT2D eigenvalue weighted by Crippen LogP contribution is 2.39. The van der Waals surface area contributed by atoms with Crippen molar-refractivity contribution in [1.29, 1.82) is 0 Å². The van der Waals surface area contributed by atoms with Crippen molar-refractivity contribution < 1.29 is 19.8 Å². The van der Waals surface area contributed by atoms with E-state index in [-0.39, 0.29) is 30.3 Å². The summed E-state index contributed by atoms with van der Waals surface area (Å²) in [6.07, 6.45) is 5.73. The number of aliphatic hydroxyl groups is 1. The zero-order chi connectivity index (χ0) is 34.1. The molecule has 2 atom stereocenters. The largest absolute Gasteiger partial charge is 0.480 e. The third-order valence-corrected chi connectivity index (χ3v) is 9.60. The first-order valence-electron chi connectivity index (χ1n) is 16.4. The number of nitrogens with zero attached hydrogens (tertiary/aromatic N) is 5. The summed E-state index contributed by atoms with van der Waals surface area (Å²) >= 11 is 7.04. The summed E-state index contributed by atoms with van der Waals surface area (Å²) in [5.41, 5.74) is 6.64. The number of aromatic nitrogens is 4. The summed E-state index contributed by atoms with van der Waals surface area (Å²) in [4.78, 5) is 36.0. The predicted octanol–water partition coefficient (Wildman–Crippen LogP) is 5.53. The van der Waals surface area contributed by atoms with E-state index in [1.807, 2.05) is 55.6 Å². The molecule has 0 bridgehead atoms. The number of hydrogen-bond donors (Lipinski definition) is 5. The van der Waals surface area contributed by atoms with Crippen LogP contribution in [0.15, 0.2) is 67.0 Å². The van der Waals surface area contributed by atoms with Crippen molar-refractivity contribution in [2.75, 3.05) is 30.3 Å². The fourth-order valence-electron chi connectivity index (χ4n) is 6.72. The molecule has 49 heavy (non-hydrogen) atoms. The quantitative estimate of drug-likeness (QED) is 0.127. The van der Waals surface area contributed by atoms with E-state index in [1.54, 1.807) is 16.9 Å². The van der Waals surface area contributed by atoms with Crippen LogP contribution in [-0.2, 0) is 17.9 Å². The number of rotatable bonds is 10. The molecule has 2 aliphatic rings. The van der Waals surface area contributed by atoms with E-state index in [9.17, 15) is 14.7 Å². The zero-order valence-electron chi connectivity index (χ0n) is 27.0. The highest BCUT2D eigenvalue weighted by molar-refractivity contribution is 6.36. The standard InChI is InChI=1S/C36H37ClN8O4/c1-21-25(5-2-7-27(21)42-36(49)30-16-31-28(39-18-32(47)48)9-4-13-45(31)43-30)26-6-3-8-29(33(26)37)41-35-34-23(10-12-38-35)15-22(17-40-34)19-44-14-11-24(46)20-44/h2-3,5-8,10,12,15-17,24,28,39,46H,4,9,11,13-14,18-20H2,1H3,(H,38,41)(H,42,49)(H,47,48)/t24-,28?/m1/s1. The molecule has 5 heterocycles. The number of hydrogen-bond acceptors (Lipinski definition) is 9. The van der Waals surface area contributed by atoms with Crippen LogP contribution in [0.5, 0.6) is 0 Å². The van der Waals surface area contributed by atoms with Crippen LogP contribution >= 0.6 is 11.6 Å². The Morgan fingerprint density at radius 1 is 1.02 bits per heavy atom. The minimum Gasteiger partial charge on any atom is -0.480 e. The number of anilines is 3. The van der Waals surface area contributed by atoms with Crippen molar-refractivity contribution in [2.45, 2.75) is 51.4 Å². The Balaban J connectivity index is 1.10. The fourth-order valence-corrected chi connectivity index (χ4v) is 7.00. The van der Waals surface area contributed by atoms with Gasteiger partial charge in [0.2, 0.25) is 0 Å². The van der Waals surface area contributed by atoms with E-state index in [2.05, 4.69) is 37.0 Å². The lowest BCUT2D eigenvalue weighted by atomic mass is 9.98. The molecular weight excluding hydrogens is 644 g/mol. The summed E-state index contributed by atoms with van der Waals surface area (Å²) in [6, 6.07) is 17.0. The highest BCUT2D eigenvalue weighted by atomic mass is 35.5. The minimum absolute atomic E-state index is 0.162. The number of β-amino-alcohol motifs (C(OH)–C–C–N with tert-alkyl or cyclic N) is 1. The molecule has 252 valence electrons. The number of aryl methyl sites for hydroxylation is 1. The number of carboxylic acids is 1. The fraction of sp³-hybridized carbons (Fsp3) is 0.306. The molecule has 2 aliphatic heterocycles. The van der Waals surface area contributed by atoms with Gasteiger partial charge in [-0.1, -0.05) is 35.9 Å². The number of aliphatic carboxylic acids is 1. The Morgan fingerprint density at radius 3 is 2.63 bits per heavy atom. The van der Waals surface area contributed by atoms with Crippen LogP contribution < -0.4 is 16.0 Å². The second kappa shape index (κ2) is 13.9. The summed E-state index contributed by atoms with van der Waals surface area (Å²) in [6.45, 7) is 4.71. The highest BCUT2D eigenvalue weighted by Gasteiger charge is 2.25. The van der Waals surface area contributed by atoms with Crippen molar-refractivity contribution in [3.63, 3.8) is 0 Å². The van der Waals surface area contributed by atoms with Gasteiger partial charge in [-0.2, -0.15) is 5.10 Å². The Kier molecular flexibility index (Phi) is 9.28. The Bertz CT molecular complexity index is 2050. The molecule has 3 aromatic heterocycles. The molecular formula is C36H37ClN8O4. The maximum absolute atomic E-state index is 13.4. The molecule has 7 rings (SSSR count). The van der Waals surface area contributed by atoms with Gasteiger partial charge in [0.1, 0.15) is 5.52 Å². The number of amides is 1. The maximum atomic E-state index is 13.4. The lowest BCUT2D eigenvalue weighted by Crippen LogP contribution is -2.31. The second-order valence-corrected chi connectivity index (χ2v) is 13.0. The van der Waals surface area contributed by atoms with Crippen LogP contribution in [0.2, 0.25) is 5.02 Å². The molecule has 5 N–H and O–H groups in total. The monoisotopic (exact) mass is 680 g/mol. The lowest BCUT2D eigenvalue weighted by Gasteiger charge is -2.23. The smallest absolute Gasteiger partial charge is 0.317 e. The van der Waals surface area contributed by atoms with Crippen LogP contribution in [-0.4, -0.2) is 72.5 Å². The number of likely N-dealkylation sites (tertiary alicyclic amines) is 1. The average Bonchev–Trinajstić information content (AvgIpc) is 3.72. The molecule has 1 saturated heterocycles. The van der Waals surface area contributed by atoms with Crippen LogP contribution in [0.25, 0.3) is 22.0 Å². The molecule has 0 radical (unpaired) electrons. The van der Waals surface area contributed by atoms with E-state index in [4.69, 9.17) is 21.7 Å². The van der Waals surface area contributed by atoms with Gasteiger partial charge in [0.25, 0.3) is 5.91 Å². The number of carbonyl (C=O) groups excluding carboxylic acids is 1. The maximum Gasteiger partial charge on any atom is 0.317 e. The average molecular weight is 681 g/mol. The van der Waals surface area contributed by atoms with E-state index in [1.165, 1.54) is 0 Å². The first-order chi connectivity index (χ1) is 23.7. The second-order valence-electron chi connectivity index (χ2n) is 12.6. The minimum atomic E-state index is -0.932. The Hall–Kier alpha value is -4.88. The summed E-state index contributed by atoms with van der Waals surface area (Å²) in [5.74, 6) is -0.698. The molecule has 0 spiro atoms. The van der Waals surface area contributed by atoms with Gasteiger partial charge in [-0.3, -0.25) is 29.5 Å². The van der Waals surface area contributed by atoms with Crippen LogP contribution in [0.3, 0.4) is 0 Å². The molecule has 5 aromatic rings. The van der Waals surface area contributed by atoms with E-state index in [0.29, 0.717) is 35.3 Å². The number of carboxylic acid groups (broad SMARTS) is 1. The zero-order valence-corrected chi connectivity index (χ0v) is 27.7. The molecule has 12 nitrogen and oxygen atoms in total. The van der Waals surface area contributed by atoms with Gasteiger partial charge in [-0.05, 0) is 73.2 Å². The van der Waals surface area contributed by atoms with Gasteiger partial charge in [-0.15, -0.1) is 0 Å². The Morgan fingerprint density at radius 2 is 1.84 bits per heavy atom. The van der Waals surface area contributed by atoms with E-state index in [0.717, 1.165) is 71.2 Å².